The van der Waals surface area contributed by atoms with Crippen LogP contribution in [-0.4, -0.2) is 15.0 Å². The van der Waals surface area contributed by atoms with E-state index in [0.29, 0.717) is 0 Å². The van der Waals surface area contributed by atoms with Crippen LogP contribution in [0.4, 0.5) is 0 Å². The van der Waals surface area contributed by atoms with Crippen LogP contribution in [0.2, 0.25) is 0 Å². The number of nitrogens with zero attached hydrogens (tertiary/aromatic N) is 3. The third kappa shape index (κ3) is 1.92. The van der Waals surface area contributed by atoms with Gasteiger partial charge in [0.15, 0.2) is 0 Å². The molecule has 108 valence electrons. The molecule has 0 saturated carbocycles. The lowest BCUT2D eigenvalue weighted by molar-refractivity contribution is 1.20. The van der Waals surface area contributed by atoms with E-state index in [1.54, 1.807) is 17.7 Å². The van der Waals surface area contributed by atoms with Gasteiger partial charge in [-0.3, -0.25) is 4.98 Å². The smallest absolute Gasteiger partial charge is 0.116 e. The highest BCUT2D eigenvalue weighted by molar-refractivity contribution is 7.25. The number of rotatable bonds is 1. The van der Waals surface area contributed by atoms with E-state index in [1.807, 2.05) is 30.5 Å². The van der Waals surface area contributed by atoms with Gasteiger partial charge in [-0.2, -0.15) is 0 Å². The first-order valence-electron chi connectivity index (χ1n) is 7.37. The summed E-state index contributed by atoms with van der Waals surface area (Å²) >= 11 is 1.77. The van der Waals surface area contributed by atoms with Crippen LogP contribution in [0, 0.1) is 0 Å². The Balaban J connectivity index is 1.84. The molecular weight excluding hydrogens is 302 g/mol. The van der Waals surface area contributed by atoms with Gasteiger partial charge in [-0.25, -0.2) is 9.97 Å². The average Bonchev–Trinajstić information content (AvgIpc) is 2.99. The van der Waals surface area contributed by atoms with Crippen molar-refractivity contribution in [3.8, 4) is 11.4 Å². The van der Waals surface area contributed by atoms with Crippen LogP contribution < -0.4 is 0 Å². The van der Waals surface area contributed by atoms with Gasteiger partial charge in [0.2, 0.25) is 0 Å². The summed E-state index contributed by atoms with van der Waals surface area (Å²) in [5.41, 5.74) is 2.71. The molecule has 0 saturated heterocycles. The van der Waals surface area contributed by atoms with Gasteiger partial charge < -0.3 is 0 Å². The molecule has 0 amide bonds. The fraction of sp³-hybridized carbons (Fsp3) is 0. The van der Waals surface area contributed by atoms with Crippen molar-refractivity contribution in [3.63, 3.8) is 0 Å². The molecule has 4 heteroatoms. The van der Waals surface area contributed by atoms with Gasteiger partial charge in [0.05, 0.1) is 21.6 Å². The fourth-order valence-electron chi connectivity index (χ4n) is 2.97. The van der Waals surface area contributed by atoms with Crippen molar-refractivity contribution in [2.45, 2.75) is 0 Å². The Hall–Kier alpha value is -2.85. The van der Waals surface area contributed by atoms with Crippen LogP contribution in [0.25, 0.3) is 42.5 Å². The van der Waals surface area contributed by atoms with Crippen molar-refractivity contribution in [2.75, 3.05) is 0 Å². The van der Waals surface area contributed by atoms with Crippen molar-refractivity contribution < 1.29 is 0 Å². The first kappa shape index (κ1) is 12.7. The molecule has 0 unspecified atom stereocenters. The molecule has 3 nitrogen and oxygen atoms in total. The first-order chi connectivity index (χ1) is 11.4. The Kier molecular flexibility index (Phi) is 2.66. The van der Waals surface area contributed by atoms with Crippen molar-refractivity contribution in [1.29, 1.82) is 0 Å². The lowest BCUT2D eigenvalue weighted by atomic mass is 10.1. The van der Waals surface area contributed by atoms with Gasteiger partial charge >= 0.3 is 0 Å². The molecule has 0 aliphatic carbocycles. The molecule has 5 rings (SSSR count). The maximum absolute atomic E-state index is 4.64. The molecular formula is C19H11N3S. The summed E-state index contributed by atoms with van der Waals surface area (Å²) in [6.45, 7) is 0. The predicted molar refractivity (Wildman–Crippen MR) is 95.7 cm³/mol. The molecule has 0 fully saturated rings. The molecule has 23 heavy (non-hydrogen) atoms. The number of fused-ring (bicyclic) bond motifs is 4. The Morgan fingerprint density at radius 3 is 2.48 bits per heavy atom. The van der Waals surface area contributed by atoms with E-state index in [4.69, 9.17) is 0 Å². The monoisotopic (exact) mass is 313 g/mol. The van der Waals surface area contributed by atoms with Gasteiger partial charge in [0.25, 0.3) is 0 Å². The summed E-state index contributed by atoms with van der Waals surface area (Å²) in [5, 5.41) is 3.54. The summed E-state index contributed by atoms with van der Waals surface area (Å²) in [7, 11) is 0. The second-order valence-corrected chi connectivity index (χ2v) is 6.49. The van der Waals surface area contributed by atoms with Gasteiger partial charge in [-0.1, -0.05) is 36.4 Å². The van der Waals surface area contributed by atoms with Gasteiger partial charge in [0, 0.05) is 27.1 Å². The fourth-order valence-corrected chi connectivity index (χ4v) is 4.03. The molecule has 0 atom stereocenters. The highest BCUT2D eigenvalue weighted by atomic mass is 32.1. The minimum Gasteiger partial charge on any atom is -0.253 e. The number of pyridine rings is 1. The molecule has 0 bridgehead atoms. The van der Waals surface area contributed by atoms with Crippen LogP contribution in [0.5, 0.6) is 0 Å². The summed E-state index contributed by atoms with van der Waals surface area (Å²) in [4.78, 5) is 13.5. The standard InChI is InChI=1S/C19H11N3S/c1-3-7-15-13(6-1)19(22-11-21-15)16-9-14-12-5-2-4-8-17(12)23-18(14)10-20-16/h1-11H. The zero-order chi connectivity index (χ0) is 15.2. The van der Waals surface area contributed by atoms with Crippen LogP contribution >= 0.6 is 11.3 Å². The maximum Gasteiger partial charge on any atom is 0.116 e. The van der Waals surface area contributed by atoms with Gasteiger partial charge in [-0.05, 0) is 18.2 Å². The lowest BCUT2D eigenvalue weighted by Crippen LogP contribution is -1.90. The molecule has 5 aromatic rings. The predicted octanol–water partition coefficient (Wildman–Crippen LogP) is 5.06. The zero-order valence-corrected chi connectivity index (χ0v) is 12.9. The van der Waals surface area contributed by atoms with E-state index in [0.717, 1.165) is 22.3 Å². The second-order valence-electron chi connectivity index (χ2n) is 5.40. The number of thiophene rings is 1. The van der Waals surface area contributed by atoms with E-state index in [1.165, 1.54) is 20.2 Å². The summed E-state index contributed by atoms with van der Waals surface area (Å²) in [5.74, 6) is 0. The number of hydrogen-bond donors (Lipinski definition) is 0. The molecule has 3 aromatic heterocycles. The molecule has 0 radical (unpaired) electrons. The average molecular weight is 313 g/mol. The van der Waals surface area contributed by atoms with Crippen LogP contribution in [0.3, 0.4) is 0 Å². The van der Waals surface area contributed by atoms with E-state index in [2.05, 4.69) is 45.3 Å². The topological polar surface area (TPSA) is 38.7 Å². The van der Waals surface area contributed by atoms with Crippen LogP contribution in [0.15, 0.2) is 67.1 Å². The third-order valence-electron chi connectivity index (χ3n) is 4.05. The molecule has 0 N–H and O–H groups in total. The lowest BCUT2D eigenvalue weighted by Gasteiger charge is -2.04. The second kappa shape index (κ2) is 4.83. The summed E-state index contributed by atoms with van der Waals surface area (Å²) < 4.78 is 2.49. The normalized spacial score (nSPS) is 11.5. The number of para-hydroxylation sites is 1. The molecule has 0 aliphatic heterocycles. The zero-order valence-electron chi connectivity index (χ0n) is 12.1. The number of benzene rings is 2. The number of hydrogen-bond acceptors (Lipinski definition) is 4. The quantitative estimate of drug-likeness (QED) is 0.434. The van der Waals surface area contributed by atoms with Gasteiger partial charge in [0.1, 0.15) is 6.33 Å². The highest BCUT2D eigenvalue weighted by Crippen LogP contribution is 2.35. The SMILES string of the molecule is c1ccc2c(-c3cc4c(cn3)sc3ccccc34)ncnc2c1. The molecule has 0 aliphatic rings. The maximum atomic E-state index is 4.64. The Bertz CT molecular complexity index is 1170. The first-order valence-corrected chi connectivity index (χ1v) is 8.19. The molecule has 3 heterocycles. The highest BCUT2D eigenvalue weighted by Gasteiger charge is 2.11. The minimum absolute atomic E-state index is 0.882. The Labute approximate surface area is 136 Å². The van der Waals surface area contributed by atoms with Crippen LogP contribution in [-0.2, 0) is 0 Å². The van der Waals surface area contributed by atoms with E-state index >= 15 is 0 Å². The minimum atomic E-state index is 0.882. The third-order valence-corrected chi connectivity index (χ3v) is 5.17. The largest absolute Gasteiger partial charge is 0.253 e. The number of aromatic nitrogens is 3. The van der Waals surface area contributed by atoms with Crippen molar-refractivity contribution in [3.05, 3.63) is 67.1 Å². The van der Waals surface area contributed by atoms with Crippen molar-refractivity contribution >= 4 is 42.4 Å². The van der Waals surface area contributed by atoms with E-state index in [9.17, 15) is 0 Å². The van der Waals surface area contributed by atoms with E-state index < -0.39 is 0 Å². The molecule has 0 spiro atoms. The molecule has 2 aromatic carbocycles. The van der Waals surface area contributed by atoms with Gasteiger partial charge in [-0.15, -0.1) is 11.3 Å². The van der Waals surface area contributed by atoms with Crippen molar-refractivity contribution in [1.82, 2.24) is 15.0 Å². The Morgan fingerprint density at radius 2 is 1.52 bits per heavy atom. The van der Waals surface area contributed by atoms with Crippen LogP contribution in [0.1, 0.15) is 0 Å². The Morgan fingerprint density at radius 1 is 0.696 bits per heavy atom. The summed E-state index contributed by atoms with van der Waals surface area (Å²) in [6.07, 6.45) is 3.56. The van der Waals surface area contributed by atoms with E-state index in [-0.39, 0.29) is 0 Å². The summed E-state index contributed by atoms with van der Waals surface area (Å²) in [6, 6.07) is 18.6. The van der Waals surface area contributed by atoms with Crippen molar-refractivity contribution in [2.24, 2.45) is 0 Å².